The van der Waals surface area contributed by atoms with E-state index in [1.807, 2.05) is 0 Å². The Bertz CT molecular complexity index is 482. The highest BCUT2D eigenvalue weighted by Gasteiger charge is 2.36. The third kappa shape index (κ3) is 2.60. The van der Waals surface area contributed by atoms with Crippen molar-refractivity contribution in [1.29, 1.82) is 0 Å². The molecular weight excluding hydrogens is 266 g/mol. The summed E-state index contributed by atoms with van der Waals surface area (Å²) >= 11 is 0. The monoisotopic (exact) mass is 291 g/mol. The minimum Gasteiger partial charge on any atom is -0.338 e. The Labute approximate surface area is 125 Å². The number of nitrogens with zero attached hydrogens (tertiary/aromatic N) is 4. The number of fused-ring (bicyclic) bond motifs is 3. The van der Waals surface area contributed by atoms with E-state index >= 15 is 0 Å². The maximum atomic E-state index is 5.59. The van der Waals surface area contributed by atoms with Gasteiger partial charge in [0.05, 0.1) is 12.1 Å². The van der Waals surface area contributed by atoms with Crippen molar-refractivity contribution in [3.05, 3.63) is 11.7 Å². The van der Waals surface area contributed by atoms with Crippen LogP contribution in [0.4, 0.5) is 0 Å². The Morgan fingerprint density at radius 1 is 1.29 bits per heavy atom. The second-order valence-electron chi connectivity index (χ2n) is 6.65. The molecule has 4 saturated heterocycles. The molecule has 1 aromatic heterocycles. The van der Waals surface area contributed by atoms with Gasteiger partial charge >= 0.3 is 0 Å². The maximum absolute atomic E-state index is 5.59. The van der Waals surface area contributed by atoms with Crippen LogP contribution in [0, 0.1) is 5.92 Å². The lowest BCUT2D eigenvalue weighted by atomic mass is 9.90. The van der Waals surface area contributed by atoms with E-state index in [4.69, 9.17) is 9.51 Å². The average Bonchev–Trinajstić information content (AvgIpc) is 3.06. The van der Waals surface area contributed by atoms with Gasteiger partial charge in [-0.05, 0) is 25.3 Å². The maximum Gasteiger partial charge on any atom is 0.243 e. The molecule has 4 aliphatic heterocycles. The predicted molar refractivity (Wildman–Crippen MR) is 78.8 cm³/mol. The quantitative estimate of drug-likeness (QED) is 0.903. The lowest BCUT2D eigenvalue weighted by molar-refractivity contribution is 0.00781. The molecule has 0 amide bonds. The third-order valence-electron chi connectivity index (χ3n) is 5.42. The first-order chi connectivity index (χ1) is 10.3. The van der Waals surface area contributed by atoms with Crippen molar-refractivity contribution >= 4 is 0 Å². The SMILES string of the molecule is CCC1CCNC(c2nc(C3CN4CCN3CC4)no2)C1. The number of aromatic nitrogens is 2. The molecule has 4 fully saturated rings. The number of hydrogen-bond donors (Lipinski definition) is 1. The van der Waals surface area contributed by atoms with Gasteiger partial charge in [0.1, 0.15) is 0 Å². The molecule has 2 bridgehead atoms. The topological polar surface area (TPSA) is 57.4 Å². The van der Waals surface area contributed by atoms with Gasteiger partial charge in [0.15, 0.2) is 5.82 Å². The molecule has 4 aliphatic rings. The van der Waals surface area contributed by atoms with Crippen LogP contribution in [-0.2, 0) is 0 Å². The second kappa shape index (κ2) is 5.66. The molecule has 0 saturated carbocycles. The summed E-state index contributed by atoms with van der Waals surface area (Å²) in [5, 5.41) is 7.82. The van der Waals surface area contributed by atoms with Gasteiger partial charge in [0.25, 0.3) is 0 Å². The van der Waals surface area contributed by atoms with E-state index in [0.29, 0.717) is 6.04 Å². The Balaban J connectivity index is 1.48. The van der Waals surface area contributed by atoms with E-state index in [0.717, 1.165) is 50.2 Å². The minimum absolute atomic E-state index is 0.251. The van der Waals surface area contributed by atoms with Crippen molar-refractivity contribution in [1.82, 2.24) is 25.3 Å². The van der Waals surface area contributed by atoms with Crippen molar-refractivity contribution < 1.29 is 4.52 Å². The minimum atomic E-state index is 0.251. The van der Waals surface area contributed by atoms with Crippen LogP contribution >= 0.6 is 0 Å². The van der Waals surface area contributed by atoms with Crippen LogP contribution < -0.4 is 5.32 Å². The van der Waals surface area contributed by atoms with Crippen LogP contribution in [0.5, 0.6) is 0 Å². The van der Waals surface area contributed by atoms with Gasteiger partial charge in [-0.25, -0.2) is 0 Å². The highest BCUT2D eigenvalue weighted by Crippen LogP contribution is 2.31. The summed E-state index contributed by atoms with van der Waals surface area (Å²) in [7, 11) is 0. The molecule has 6 nitrogen and oxygen atoms in total. The Kier molecular flexibility index (Phi) is 3.69. The first kappa shape index (κ1) is 13.7. The van der Waals surface area contributed by atoms with Crippen LogP contribution in [-0.4, -0.2) is 59.2 Å². The molecule has 3 atom stereocenters. The molecule has 0 radical (unpaired) electrons. The lowest BCUT2D eigenvalue weighted by Crippen LogP contribution is -2.57. The van der Waals surface area contributed by atoms with E-state index in [2.05, 4.69) is 27.2 Å². The van der Waals surface area contributed by atoms with Gasteiger partial charge in [0, 0.05) is 32.7 Å². The van der Waals surface area contributed by atoms with Crippen molar-refractivity contribution in [3.63, 3.8) is 0 Å². The molecule has 5 rings (SSSR count). The standard InChI is InChI=1S/C15H25N5O/c1-2-11-3-4-16-12(9-11)15-17-14(18-21-15)13-10-19-5-7-20(13)8-6-19/h11-13,16H,2-10H2,1H3. The fourth-order valence-electron chi connectivity index (χ4n) is 3.94. The second-order valence-corrected chi connectivity index (χ2v) is 6.65. The molecule has 1 N–H and O–H groups in total. The summed E-state index contributed by atoms with van der Waals surface area (Å²) in [4.78, 5) is 9.74. The fraction of sp³-hybridized carbons (Fsp3) is 0.867. The molecule has 5 heterocycles. The van der Waals surface area contributed by atoms with Crippen LogP contribution in [0.1, 0.15) is 50.0 Å². The summed E-state index contributed by atoms with van der Waals surface area (Å²) < 4.78 is 5.59. The zero-order chi connectivity index (χ0) is 14.2. The van der Waals surface area contributed by atoms with Gasteiger partial charge in [-0.15, -0.1) is 0 Å². The zero-order valence-corrected chi connectivity index (χ0v) is 12.8. The summed E-state index contributed by atoms with van der Waals surface area (Å²) in [6.07, 6.45) is 3.63. The predicted octanol–water partition coefficient (Wildman–Crippen LogP) is 1.19. The third-order valence-corrected chi connectivity index (χ3v) is 5.42. The molecule has 1 aromatic rings. The Morgan fingerprint density at radius 3 is 2.86 bits per heavy atom. The van der Waals surface area contributed by atoms with E-state index in [1.54, 1.807) is 0 Å². The number of piperidine rings is 1. The molecule has 6 heteroatoms. The van der Waals surface area contributed by atoms with Crippen LogP contribution in [0.2, 0.25) is 0 Å². The van der Waals surface area contributed by atoms with Crippen LogP contribution in [0.15, 0.2) is 4.52 Å². The largest absolute Gasteiger partial charge is 0.338 e. The highest BCUT2D eigenvalue weighted by molar-refractivity contribution is 5.03. The van der Waals surface area contributed by atoms with Crippen molar-refractivity contribution in [2.75, 3.05) is 39.3 Å². The van der Waals surface area contributed by atoms with Crippen molar-refractivity contribution in [3.8, 4) is 0 Å². The molecule has 3 unspecified atom stereocenters. The van der Waals surface area contributed by atoms with Crippen LogP contribution in [0.3, 0.4) is 0 Å². The molecular formula is C15H25N5O. The Hall–Kier alpha value is -0.980. The smallest absolute Gasteiger partial charge is 0.243 e. The molecule has 0 aliphatic carbocycles. The van der Waals surface area contributed by atoms with Gasteiger partial charge in [-0.3, -0.25) is 9.80 Å². The molecule has 0 spiro atoms. The van der Waals surface area contributed by atoms with Crippen molar-refractivity contribution in [2.45, 2.75) is 38.3 Å². The van der Waals surface area contributed by atoms with Gasteiger partial charge in [-0.2, -0.15) is 4.98 Å². The first-order valence-electron chi connectivity index (χ1n) is 8.36. The fourth-order valence-corrected chi connectivity index (χ4v) is 3.94. The summed E-state index contributed by atoms with van der Waals surface area (Å²) in [5.74, 6) is 2.46. The van der Waals surface area contributed by atoms with E-state index in [-0.39, 0.29) is 6.04 Å². The van der Waals surface area contributed by atoms with Crippen LogP contribution in [0.25, 0.3) is 0 Å². The number of piperazine rings is 3. The van der Waals surface area contributed by atoms with E-state index < -0.39 is 0 Å². The summed E-state index contributed by atoms with van der Waals surface area (Å²) in [6.45, 7) is 9.01. The highest BCUT2D eigenvalue weighted by atomic mass is 16.5. The van der Waals surface area contributed by atoms with E-state index in [1.165, 1.54) is 25.9 Å². The number of hydrogen-bond acceptors (Lipinski definition) is 6. The molecule has 21 heavy (non-hydrogen) atoms. The number of rotatable bonds is 3. The lowest BCUT2D eigenvalue weighted by Gasteiger charge is -2.46. The average molecular weight is 291 g/mol. The first-order valence-corrected chi connectivity index (χ1v) is 8.36. The normalized spacial score (nSPS) is 39.6. The number of nitrogens with one attached hydrogen (secondary N) is 1. The zero-order valence-electron chi connectivity index (χ0n) is 12.8. The summed E-state index contributed by atoms with van der Waals surface area (Å²) in [5.41, 5.74) is 0. The Morgan fingerprint density at radius 2 is 2.14 bits per heavy atom. The summed E-state index contributed by atoms with van der Waals surface area (Å²) in [6, 6.07) is 0.580. The van der Waals surface area contributed by atoms with Gasteiger partial charge in [-0.1, -0.05) is 18.5 Å². The van der Waals surface area contributed by atoms with Crippen molar-refractivity contribution in [2.24, 2.45) is 5.92 Å². The van der Waals surface area contributed by atoms with Gasteiger partial charge < -0.3 is 9.84 Å². The molecule has 116 valence electrons. The van der Waals surface area contributed by atoms with E-state index in [9.17, 15) is 0 Å². The molecule has 0 aromatic carbocycles. The van der Waals surface area contributed by atoms with Gasteiger partial charge in [0.2, 0.25) is 5.89 Å².